The number of nitrogens with zero attached hydrogens (tertiary/aromatic N) is 2. The molecule has 4 aromatic carbocycles. The summed E-state index contributed by atoms with van der Waals surface area (Å²) < 4.78 is 67.3. The minimum absolute atomic E-state index is 0.0205. The van der Waals surface area contributed by atoms with Crippen LogP contribution in [-0.4, -0.2) is 135 Å². The number of aromatic nitrogens is 2. The van der Waals surface area contributed by atoms with Crippen molar-refractivity contribution in [2.75, 3.05) is 31.3 Å². The molecular weight excluding hydrogens is 1460 g/mol. The van der Waals surface area contributed by atoms with Gasteiger partial charge in [0.15, 0.2) is 0 Å². The van der Waals surface area contributed by atoms with Crippen LogP contribution < -0.4 is 44.6 Å². The molecule has 3 amide bonds. The van der Waals surface area contributed by atoms with Crippen LogP contribution in [0.4, 0.5) is 28.9 Å². The molecule has 0 bridgehead atoms. The number of terminal acetylenes is 6. The van der Waals surface area contributed by atoms with Crippen LogP contribution >= 0.6 is 22.7 Å². The number of rotatable bonds is 30. The van der Waals surface area contributed by atoms with Crippen molar-refractivity contribution in [3.05, 3.63) is 164 Å². The molecule has 0 spiro atoms. The Morgan fingerprint density at radius 2 is 0.670 bits per heavy atom. The van der Waals surface area contributed by atoms with Crippen LogP contribution in [0.2, 0.25) is 0 Å². The molecule has 0 saturated heterocycles. The molecule has 0 unspecified atom stereocenters. The number of amides is 3. The van der Waals surface area contributed by atoms with Gasteiger partial charge in [0.05, 0.1) is 134 Å². The van der Waals surface area contributed by atoms with Gasteiger partial charge in [-0.1, -0.05) is 59.8 Å². The average Bonchev–Trinajstić information content (AvgIpc) is 1.65. The maximum absolute atomic E-state index is 13.3. The Balaban J connectivity index is 0.000000658. The molecule has 0 saturated carbocycles. The van der Waals surface area contributed by atoms with E-state index in [0.717, 1.165) is 41.5 Å². The zero-order chi connectivity index (χ0) is 82.5. The van der Waals surface area contributed by atoms with Crippen molar-refractivity contribution in [1.82, 2.24) is 25.9 Å². The van der Waals surface area contributed by atoms with Crippen LogP contribution in [-0.2, 0) is 57.4 Å². The highest BCUT2D eigenvalue weighted by Gasteiger charge is 2.30. The van der Waals surface area contributed by atoms with Crippen molar-refractivity contribution in [1.29, 1.82) is 0 Å². The van der Waals surface area contributed by atoms with E-state index in [2.05, 4.69) is 61.4 Å². The van der Waals surface area contributed by atoms with Gasteiger partial charge in [-0.15, -0.1) is 61.2 Å². The van der Waals surface area contributed by atoms with Gasteiger partial charge in [-0.05, 0) is 91.6 Å². The quantitative estimate of drug-likeness (QED) is 0.00672. The fraction of sp³-hybridized carbons (Fsp3) is 0.346. The van der Waals surface area contributed by atoms with Crippen molar-refractivity contribution in [2.45, 2.75) is 152 Å². The number of esters is 3. The molecular formula is C78H88F4N10O15S2. The van der Waals surface area contributed by atoms with Gasteiger partial charge in [0.2, 0.25) is 17.7 Å². The van der Waals surface area contributed by atoms with Crippen LogP contribution in [0.15, 0.2) is 107 Å². The van der Waals surface area contributed by atoms with Crippen LogP contribution in [0, 0.1) is 97.3 Å². The smallest absolute Gasteiger partial charge is 0.307 e. The van der Waals surface area contributed by atoms with Crippen molar-refractivity contribution in [2.24, 2.45) is 17.2 Å². The third-order valence-corrected chi connectivity index (χ3v) is 15.9. The number of ether oxygens (including phenoxy) is 3. The number of carboxylic acid groups (broad SMARTS) is 3. The van der Waals surface area contributed by atoms with Crippen LogP contribution in [0.1, 0.15) is 149 Å². The first-order valence-corrected chi connectivity index (χ1v) is 34.8. The summed E-state index contributed by atoms with van der Waals surface area (Å²) >= 11 is 2.82. The molecule has 0 aliphatic carbocycles. The standard InChI is InChI=1S/C16H17F2NO3.C16H20N2O3.C13H16N2O3S.C12H11F2NO2.C12H14N2O2.C9H10N2O2S/c1-4-14(11-6-12(17)8-13(18)7-11)15(19-10(3)20)9-16(21)22-5-2;1-4-14(12-6-8-13(17)9-7-12)15(18-11(3)19)10-16(20)21-5-2;1-4-10(12-7-19-8-14-12)11(15-9(3)16)6-13(17)18-5-2;1-2-10(11(15)6-12(16)17)7-3-8(13)5-9(14)4-7;1-2-10(11(14)7-12(15)16)8-3-5-9(13)6-4-8;1-2-6(7(10)3-9(12)13)8-4-14-5-11-8/h1,6-8,14-15H,5,9H2,2-3H3,(H,19,20);1,6-9,14-15H,5,10,17H2,2-3H3,(H,18,19);1,7-8,10-11H,5-6H2,2-3H3,(H,15,16);1,3-5,10-11H,6,15H2,(H,16,17);1,3-6,10-11H,7,13-14H2,(H,15,16);1,4-7H,3,10H2,(H,12,13)/t14-,15+;14-,15-;2*10-,11+;10-,11-;6-,7+/m010010/s1. The third-order valence-electron chi connectivity index (χ3n) is 14.7. The van der Waals surface area contributed by atoms with Gasteiger partial charge < -0.3 is 74.1 Å². The molecule has 25 nitrogen and oxygen atoms in total. The highest BCUT2D eigenvalue weighted by molar-refractivity contribution is 7.07. The van der Waals surface area contributed by atoms with Gasteiger partial charge in [0.25, 0.3) is 0 Å². The number of benzene rings is 4. The fourth-order valence-corrected chi connectivity index (χ4v) is 11.2. The molecule has 12 atom stereocenters. The third kappa shape index (κ3) is 37.2. The van der Waals surface area contributed by atoms with Crippen molar-refractivity contribution in [3.8, 4) is 74.1 Å². The van der Waals surface area contributed by atoms with E-state index < -0.39 is 137 Å². The summed E-state index contributed by atoms with van der Waals surface area (Å²) in [5.74, 6) is 3.02. The number of carbonyl (C=O) groups is 9. The number of nitrogens with two attached hydrogens (primary N) is 5. The number of carbonyl (C=O) groups excluding carboxylic acids is 6. The van der Waals surface area contributed by atoms with E-state index in [9.17, 15) is 60.7 Å². The molecule has 0 radical (unpaired) electrons. The van der Waals surface area contributed by atoms with Gasteiger partial charge in [-0.2, -0.15) is 0 Å². The van der Waals surface area contributed by atoms with Crippen LogP contribution in [0.25, 0.3) is 0 Å². The molecule has 6 rings (SSSR count). The van der Waals surface area contributed by atoms with Crippen molar-refractivity contribution >= 4 is 87.6 Å². The lowest BCUT2D eigenvalue weighted by atomic mass is 9.90. The second kappa shape index (κ2) is 51.2. The van der Waals surface area contributed by atoms with Gasteiger partial charge in [-0.25, -0.2) is 27.5 Å². The second-order valence-corrected chi connectivity index (χ2v) is 24.6. The minimum Gasteiger partial charge on any atom is -0.481 e. The summed E-state index contributed by atoms with van der Waals surface area (Å²) in [5, 5.41) is 37.3. The van der Waals surface area contributed by atoms with Gasteiger partial charge >= 0.3 is 35.8 Å². The topological polar surface area (TPSA) is 434 Å². The Bertz CT molecular complexity index is 4150. The van der Waals surface area contributed by atoms with E-state index in [4.69, 9.17) is 96.7 Å². The van der Waals surface area contributed by atoms with Gasteiger partial charge in [0, 0.05) is 73.2 Å². The maximum atomic E-state index is 13.3. The number of carboxylic acids is 3. The maximum Gasteiger partial charge on any atom is 0.307 e. The van der Waals surface area contributed by atoms with Crippen molar-refractivity contribution < 1.29 is 90.2 Å². The number of anilines is 2. The number of thiazole rings is 2. The predicted molar refractivity (Wildman–Crippen MR) is 405 cm³/mol. The van der Waals surface area contributed by atoms with E-state index in [1.54, 1.807) is 85.7 Å². The number of nitrogens with one attached hydrogen (secondary N) is 3. The highest BCUT2D eigenvalue weighted by atomic mass is 32.1. The molecule has 580 valence electrons. The first-order chi connectivity index (χ1) is 51.5. The summed E-state index contributed by atoms with van der Waals surface area (Å²) in [5.41, 5.74) is 36.1. The predicted octanol–water partition coefficient (Wildman–Crippen LogP) is 7.83. The molecule has 0 aliphatic rings. The number of nitrogen functional groups attached to an aromatic ring is 2. The Morgan fingerprint density at radius 3 is 0.936 bits per heavy atom. The first kappa shape index (κ1) is 94.9. The molecule has 31 heteroatoms. The molecule has 109 heavy (non-hydrogen) atoms. The fourth-order valence-electron chi connectivity index (χ4n) is 10.0. The van der Waals surface area contributed by atoms with E-state index in [1.165, 1.54) is 43.4 Å². The van der Waals surface area contributed by atoms with Gasteiger partial charge in [0.1, 0.15) is 23.3 Å². The Labute approximate surface area is 638 Å². The van der Waals surface area contributed by atoms with E-state index in [1.807, 2.05) is 5.38 Å². The zero-order valence-corrected chi connectivity index (χ0v) is 62.1. The Kier molecular flexibility index (Phi) is 44.6. The number of aliphatic carboxylic acids is 3. The van der Waals surface area contributed by atoms with E-state index >= 15 is 0 Å². The normalized spacial score (nSPS) is 13.3. The molecule has 0 aliphatic heterocycles. The number of halogens is 4. The second-order valence-electron chi connectivity index (χ2n) is 23.2. The number of hydrogen-bond donors (Lipinski definition) is 11. The summed E-state index contributed by atoms with van der Waals surface area (Å²) in [6, 6.07) is 15.8. The first-order valence-electron chi connectivity index (χ1n) is 32.9. The summed E-state index contributed by atoms with van der Waals surface area (Å²) in [6.07, 6.45) is 31.6. The lowest BCUT2D eigenvalue weighted by molar-refractivity contribution is -0.145. The Hall–Kier alpha value is -12.1. The van der Waals surface area contributed by atoms with Crippen LogP contribution in [0.5, 0.6) is 0 Å². The SMILES string of the molecule is C#C[C@@H](c1cc(F)cc(F)c1)[C@@H](CC(=O)OCC)NC(C)=O.C#C[C@@H](c1cc(F)cc(F)c1)[C@H](N)CC(=O)O.C#C[C@H](c1ccc(N)cc1)[C@@H](CC(=O)OCC)NC(C)=O.C#C[C@H](c1ccc(N)cc1)[C@H](N)CC(=O)O.C#C[C@H](c1cscn1)[C@@H](CC(=O)OCC)NC(C)=O.C#C[C@H](c1cscn1)[C@H](N)CC(=O)O. The molecule has 2 heterocycles. The molecule has 0 fully saturated rings. The summed E-state index contributed by atoms with van der Waals surface area (Å²) in [6.45, 7) is 9.89. The monoisotopic (exact) mass is 1540 g/mol. The largest absolute Gasteiger partial charge is 0.481 e. The van der Waals surface area contributed by atoms with Gasteiger partial charge in [-0.3, -0.25) is 43.2 Å². The summed E-state index contributed by atoms with van der Waals surface area (Å²) in [7, 11) is 0. The van der Waals surface area contributed by atoms with Crippen LogP contribution in [0.3, 0.4) is 0 Å². The molecule has 6 aromatic rings. The zero-order valence-electron chi connectivity index (χ0n) is 60.5. The van der Waals surface area contributed by atoms with E-state index in [0.29, 0.717) is 35.4 Å². The molecule has 16 N–H and O–H groups in total. The number of hydrogen-bond acceptors (Lipinski definition) is 21. The highest BCUT2D eigenvalue weighted by Crippen LogP contribution is 2.28. The summed E-state index contributed by atoms with van der Waals surface area (Å²) in [4.78, 5) is 108. The lowest BCUT2D eigenvalue weighted by Gasteiger charge is -2.23. The van der Waals surface area contributed by atoms with Crippen molar-refractivity contribution in [3.63, 3.8) is 0 Å². The molecule has 2 aromatic heterocycles. The Morgan fingerprint density at radius 1 is 0.413 bits per heavy atom. The lowest BCUT2D eigenvalue weighted by Crippen LogP contribution is -2.39. The average molecular weight is 1550 g/mol. The minimum atomic E-state index is -1.12. The van der Waals surface area contributed by atoms with E-state index in [-0.39, 0.29) is 74.7 Å².